The number of ketones is 1. The largest absolute Gasteiger partial charge is 0.300 e. The van der Waals surface area contributed by atoms with Gasteiger partial charge in [-0.05, 0) is 12.8 Å². The molecule has 0 amide bonds. The molecule has 1 unspecified atom stereocenters. The molecule has 0 rings (SSSR count). The maximum atomic E-state index is 11.1. The molecule has 0 spiro atoms. The molecular weight excluding hydrogens is 148 g/mol. The van der Waals surface area contributed by atoms with Crippen LogP contribution in [0.5, 0.6) is 0 Å². The van der Waals surface area contributed by atoms with E-state index in [1.54, 1.807) is 6.08 Å². The van der Waals surface area contributed by atoms with Crippen molar-refractivity contribution in [3.63, 3.8) is 0 Å². The predicted octanol–water partition coefficient (Wildman–Crippen LogP) is 3.12. The molecule has 12 heavy (non-hydrogen) atoms. The number of hydrogen-bond donors (Lipinski definition) is 0. The average molecular weight is 166 g/mol. The number of hydrogen-bond acceptors (Lipinski definition) is 1. The van der Waals surface area contributed by atoms with Crippen LogP contribution >= 0.6 is 0 Å². The molecule has 0 heterocycles. The molecule has 1 heteroatoms. The van der Waals surface area contributed by atoms with Gasteiger partial charge in [-0.2, -0.15) is 0 Å². The quantitative estimate of drug-likeness (QED) is 0.573. The monoisotopic (exact) mass is 166 g/mol. The number of carbonyl (C=O) groups excluding carboxylic acids is 1. The SMILES string of the molecule is C=CC=C(C)C(C)CC(=O)CC. The van der Waals surface area contributed by atoms with Gasteiger partial charge in [-0.25, -0.2) is 0 Å². The van der Waals surface area contributed by atoms with Gasteiger partial charge < -0.3 is 0 Å². The summed E-state index contributed by atoms with van der Waals surface area (Å²) in [6, 6.07) is 0. The Morgan fingerprint density at radius 2 is 2.17 bits per heavy atom. The van der Waals surface area contributed by atoms with E-state index >= 15 is 0 Å². The summed E-state index contributed by atoms with van der Waals surface area (Å²) in [7, 11) is 0. The predicted molar refractivity (Wildman–Crippen MR) is 53.0 cm³/mol. The Morgan fingerprint density at radius 1 is 1.58 bits per heavy atom. The topological polar surface area (TPSA) is 17.1 Å². The van der Waals surface area contributed by atoms with Gasteiger partial charge in [-0.3, -0.25) is 4.79 Å². The van der Waals surface area contributed by atoms with Crippen LogP contribution in [0.3, 0.4) is 0 Å². The minimum absolute atomic E-state index is 0.333. The summed E-state index contributed by atoms with van der Waals surface area (Å²) >= 11 is 0. The Kier molecular flexibility index (Phi) is 5.35. The van der Waals surface area contributed by atoms with Gasteiger partial charge in [0.2, 0.25) is 0 Å². The second kappa shape index (κ2) is 5.76. The van der Waals surface area contributed by atoms with Crippen molar-refractivity contribution in [2.45, 2.75) is 33.6 Å². The molecule has 0 aliphatic rings. The van der Waals surface area contributed by atoms with Gasteiger partial charge in [0.15, 0.2) is 0 Å². The zero-order valence-corrected chi connectivity index (χ0v) is 8.26. The first kappa shape index (κ1) is 11.2. The van der Waals surface area contributed by atoms with Gasteiger partial charge in [0.05, 0.1) is 0 Å². The Balaban J connectivity index is 4.03. The maximum absolute atomic E-state index is 11.1. The lowest BCUT2D eigenvalue weighted by molar-refractivity contribution is -0.119. The molecule has 1 atom stereocenters. The third-order valence-electron chi connectivity index (χ3n) is 2.09. The highest BCUT2D eigenvalue weighted by atomic mass is 16.1. The van der Waals surface area contributed by atoms with Crippen molar-refractivity contribution in [2.75, 3.05) is 0 Å². The van der Waals surface area contributed by atoms with Crippen LogP contribution < -0.4 is 0 Å². The summed E-state index contributed by atoms with van der Waals surface area (Å²) in [6.07, 6.45) is 5.04. The molecule has 1 nitrogen and oxygen atoms in total. The summed E-state index contributed by atoms with van der Waals surface area (Å²) in [5.41, 5.74) is 1.23. The Morgan fingerprint density at radius 3 is 2.58 bits per heavy atom. The molecule has 0 aliphatic heterocycles. The van der Waals surface area contributed by atoms with Crippen LogP contribution in [0.1, 0.15) is 33.6 Å². The highest BCUT2D eigenvalue weighted by molar-refractivity contribution is 5.78. The lowest BCUT2D eigenvalue weighted by atomic mass is 9.96. The van der Waals surface area contributed by atoms with Gasteiger partial charge in [0.25, 0.3) is 0 Å². The zero-order chi connectivity index (χ0) is 9.56. The van der Waals surface area contributed by atoms with Crippen LogP contribution in [-0.4, -0.2) is 5.78 Å². The van der Waals surface area contributed by atoms with Crippen molar-refractivity contribution in [1.82, 2.24) is 0 Å². The maximum Gasteiger partial charge on any atom is 0.133 e. The Labute approximate surface area is 75.2 Å². The fourth-order valence-corrected chi connectivity index (χ4v) is 0.997. The summed E-state index contributed by atoms with van der Waals surface area (Å²) in [5, 5.41) is 0. The van der Waals surface area contributed by atoms with E-state index in [1.807, 2.05) is 19.9 Å². The summed E-state index contributed by atoms with van der Waals surface area (Å²) in [6.45, 7) is 9.63. The van der Waals surface area contributed by atoms with Crippen LogP contribution in [0, 0.1) is 5.92 Å². The Hall–Kier alpha value is -0.850. The first-order valence-electron chi connectivity index (χ1n) is 4.42. The molecule has 68 valence electrons. The second-order valence-corrected chi connectivity index (χ2v) is 3.14. The zero-order valence-electron chi connectivity index (χ0n) is 8.26. The van der Waals surface area contributed by atoms with E-state index in [2.05, 4.69) is 13.5 Å². The van der Waals surface area contributed by atoms with Crippen molar-refractivity contribution in [2.24, 2.45) is 5.92 Å². The smallest absolute Gasteiger partial charge is 0.133 e. The normalized spacial score (nSPS) is 14.1. The minimum Gasteiger partial charge on any atom is -0.300 e. The third-order valence-corrected chi connectivity index (χ3v) is 2.09. The number of allylic oxidation sites excluding steroid dienone is 3. The van der Waals surface area contributed by atoms with Gasteiger partial charge in [-0.1, -0.05) is 38.2 Å². The van der Waals surface area contributed by atoms with Crippen molar-refractivity contribution < 1.29 is 4.79 Å². The molecule has 0 fully saturated rings. The van der Waals surface area contributed by atoms with Gasteiger partial charge in [0, 0.05) is 12.8 Å². The van der Waals surface area contributed by atoms with E-state index in [1.165, 1.54) is 5.57 Å². The van der Waals surface area contributed by atoms with E-state index in [4.69, 9.17) is 0 Å². The lowest BCUT2D eigenvalue weighted by Crippen LogP contribution is -2.04. The number of carbonyl (C=O) groups is 1. The summed E-state index contributed by atoms with van der Waals surface area (Å²) < 4.78 is 0. The fourth-order valence-electron chi connectivity index (χ4n) is 0.997. The lowest BCUT2D eigenvalue weighted by Gasteiger charge is -2.09. The van der Waals surface area contributed by atoms with Crippen LogP contribution in [0.15, 0.2) is 24.3 Å². The summed E-state index contributed by atoms with van der Waals surface area (Å²) in [4.78, 5) is 11.1. The van der Waals surface area contributed by atoms with Crippen molar-refractivity contribution >= 4 is 5.78 Å². The van der Waals surface area contributed by atoms with Crippen LogP contribution in [-0.2, 0) is 4.79 Å². The van der Waals surface area contributed by atoms with Crippen molar-refractivity contribution in [3.8, 4) is 0 Å². The average Bonchev–Trinajstić information content (AvgIpc) is 2.04. The standard InChI is InChI=1S/C11H18O/c1-5-7-9(3)10(4)8-11(12)6-2/h5,7,10H,1,6,8H2,2-4H3. The van der Waals surface area contributed by atoms with Crippen molar-refractivity contribution in [1.29, 1.82) is 0 Å². The number of rotatable bonds is 5. The van der Waals surface area contributed by atoms with Gasteiger partial charge in [-0.15, -0.1) is 0 Å². The van der Waals surface area contributed by atoms with Crippen LogP contribution in [0.25, 0.3) is 0 Å². The van der Waals surface area contributed by atoms with Gasteiger partial charge >= 0.3 is 0 Å². The molecule has 0 aromatic carbocycles. The number of Topliss-reactive ketones (excluding diaryl/α,β-unsaturated/α-hetero) is 1. The third kappa shape index (κ3) is 4.12. The van der Waals surface area contributed by atoms with Gasteiger partial charge in [0.1, 0.15) is 5.78 Å². The van der Waals surface area contributed by atoms with E-state index in [0.717, 1.165) is 0 Å². The molecule has 0 aromatic rings. The molecule has 0 bridgehead atoms. The fraction of sp³-hybridized carbons (Fsp3) is 0.545. The first-order chi connectivity index (χ1) is 5.61. The molecule has 0 N–H and O–H groups in total. The second-order valence-electron chi connectivity index (χ2n) is 3.14. The molecule has 0 saturated carbocycles. The van der Waals surface area contributed by atoms with E-state index in [9.17, 15) is 4.79 Å². The van der Waals surface area contributed by atoms with E-state index < -0.39 is 0 Å². The molecule has 0 aromatic heterocycles. The molecule has 0 aliphatic carbocycles. The van der Waals surface area contributed by atoms with Crippen LogP contribution in [0.4, 0.5) is 0 Å². The van der Waals surface area contributed by atoms with Crippen molar-refractivity contribution in [3.05, 3.63) is 24.3 Å². The Bertz CT molecular complexity index is 189. The molecule has 0 radical (unpaired) electrons. The van der Waals surface area contributed by atoms with E-state index in [-0.39, 0.29) is 0 Å². The molecule has 0 saturated heterocycles. The summed E-state index contributed by atoms with van der Waals surface area (Å²) in [5.74, 6) is 0.690. The highest BCUT2D eigenvalue weighted by Gasteiger charge is 2.07. The first-order valence-corrected chi connectivity index (χ1v) is 4.42. The van der Waals surface area contributed by atoms with Crippen LogP contribution in [0.2, 0.25) is 0 Å². The highest BCUT2D eigenvalue weighted by Crippen LogP contribution is 2.14. The molecular formula is C11H18O. The van der Waals surface area contributed by atoms with E-state index in [0.29, 0.717) is 24.5 Å². The minimum atomic E-state index is 0.333.